The third kappa shape index (κ3) is 4.90. The van der Waals surface area contributed by atoms with Crippen LogP contribution in [0.25, 0.3) is 0 Å². The molecule has 4 heteroatoms. The van der Waals surface area contributed by atoms with Gasteiger partial charge in [0.2, 0.25) is 0 Å². The Morgan fingerprint density at radius 2 is 1.76 bits per heavy atom. The highest BCUT2D eigenvalue weighted by molar-refractivity contribution is 8.00. The van der Waals surface area contributed by atoms with Gasteiger partial charge in [0.25, 0.3) is 0 Å². The molecule has 1 atom stereocenters. The number of thioether (sulfide) groups is 1. The lowest BCUT2D eigenvalue weighted by Crippen LogP contribution is -2.49. The molecule has 0 aromatic heterocycles. The molecule has 1 fully saturated rings. The number of ether oxygens (including phenoxy) is 1. The van der Waals surface area contributed by atoms with E-state index < -0.39 is 5.60 Å². The molecule has 1 aromatic carbocycles. The molecular weight excluding hydrogens is 282 g/mol. The third-order valence-corrected chi connectivity index (χ3v) is 4.95. The molecule has 0 spiro atoms. The summed E-state index contributed by atoms with van der Waals surface area (Å²) in [5, 5.41) is 14.1. The summed E-state index contributed by atoms with van der Waals surface area (Å²) in [6, 6.07) is 8.47. The molecule has 0 aliphatic carbocycles. The standard InChI is InChI=1S/C17H27NO2S/c1-13(17(19)9-11-20-12-10-17)18-14-5-7-15(8-6-14)21-16(2,3)4/h5-8,13,18-19H,9-12H2,1-4H3. The van der Waals surface area contributed by atoms with E-state index in [2.05, 4.69) is 50.4 Å². The Morgan fingerprint density at radius 1 is 1.19 bits per heavy atom. The second-order valence-corrected chi connectivity index (χ2v) is 8.72. The van der Waals surface area contributed by atoms with E-state index in [-0.39, 0.29) is 10.8 Å². The number of anilines is 1. The lowest BCUT2D eigenvalue weighted by Gasteiger charge is -2.38. The third-order valence-electron chi connectivity index (χ3n) is 3.83. The molecule has 21 heavy (non-hydrogen) atoms. The van der Waals surface area contributed by atoms with Gasteiger partial charge in [0.1, 0.15) is 0 Å². The van der Waals surface area contributed by atoms with Gasteiger partial charge in [-0.3, -0.25) is 0 Å². The van der Waals surface area contributed by atoms with Crippen LogP contribution in [-0.4, -0.2) is 34.7 Å². The van der Waals surface area contributed by atoms with Crippen molar-refractivity contribution in [3.63, 3.8) is 0 Å². The fourth-order valence-electron chi connectivity index (χ4n) is 2.51. The molecule has 1 aromatic rings. The summed E-state index contributed by atoms with van der Waals surface area (Å²) in [4.78, 5) is 1.27. The molecule has 0 radical (unpaired) electrons. The van der Waals surface area contributed by atoms with Gasteiger partial charge in [-0.05, 0) is 31.2 Å². The first-order valence-corrected chi connectivity index (χ1v) is 8.46. The van der Waals surface area contributed by atoms with E-state index >= 15 is 0 Å². The van der Waals surface area contributed by atoms with E-state index in [1.165, 1.54) is 4.90 Å². The smallest absolute Gasteiger partial charge is 0.0888 e. The Balaban J connectivity index is 1.96. The number of benzene rings is 1. The molecule has 1 unspecified atom stereocenters. The van der Waals surface area contributed by atoms with Crippen LogP contribution in [0.4, 0.5) is 5.69 Å². The normalized spacial score (nSPS) is 20.0. The van der Waals surface area contributed by atoms with Crippen LogP contribution < -0.4 is 5.32 Å². The molecule has 1 heterocycles. The van der Waals surface area contributed by atoms with Gasteiger partial charge in [-0.25, -0.2) is 0 Å². The van der Waals surface area contributed by atoms with Crippen LogP contribution in [0.2, 0.25) is 0 Å². The van der Waals surface area contributed by atoms with Crippen molar-refractivity contribution in [1.82, 2.24) is 0 Å². The Kier molecular flexibility index (Phi) is 5.23. The molecule has 2 rings (SSSR count). The first-order chi connectivity index (χ1) is 9.78. The molecule has 0 saturated carbocycles. The van der Waals surface area contributed by atoms with Crippen LogP contribution >= 0.6 is 11.8 Å². The van der Waals surface area contributed by atoms with E-state index in [9.17, 15) is 5.11 Å². The Hall–Kier alpha value is -0.710. The molecule has 2 N–H and O–H groups in total. The van der Waals surface area contributed by atoms with Crippen molar-refractivity contribution >= 4 is 17.4 Å². The summed E-state index contributed by atoms with van der Waals surface area (Å²) in [7, 11) is 0. The van der Waals surface area contributed by atoms with Crippen molar-refractivity contribution in [3.05, 3.63) is 24.3 Å². The van der Waals surface area contributed by atoms with Crippen molar-refractivity contribution in [2.24, 2.45) is 0 Å². The second kappa shape index (κ2) is 6.59. The molecule has 0 bridgehead atoms. The first kappa shape index (κ1) is 16.7. The van der Waals surface area contributed by atoms with Gasteiger partial charge < -0.3 is 15.2 Å². The van der Waals surface area contributed by atoms with Crippen LogP contribution in [0.1, 0.15) is 40.5 Å². The molecule has 0 amide bonds. The van der Waals surface area contributed by atoms with Crippen molar-refractivity contribution in [3.8, 4) is 0 Å². The fraction of sp³-hybridized carbons (Fsp3) is 0.647. The summed E-state index contributed by atoms with van der Waals surface area (Å²) in [6.45, 7) is 9.97. The van der Waals surface area contributed by atoms with Crippen molar-refractivity contribution in [1.29, 1.82) is 0 Å². The second-order valence-electron chi connectivity index (χ2n) is 6.82. The van der Waals surface area contributed by atoms with Gasteiger partial charge in [0.15, 0.2) is 0 Å². The molecule has 118 valence electrons. The average molecular weight is 309 g/mol. The van der Waals surface area contributed by atoms with Crippen LogP contribution in [0, 0.1) is 0 Å². The number of rotatable bonds is 4. The van der Waals surface area contributed by atoms with Crippen molar-refractivity contribution < 1.29 is 9.84 Å². The minimum atomic E-state index is -0.670. The van der Waals surface area contributed by atoms with E-state index in [0.717, 1.165) is 5.69 Å². The van der Waals surface area contributed by atoms with Gasteiger partial charge in [-0.1, -0.05) is 20.8 Å². The number of hydrogen-bond donors (Lipinski definition) is 2. The predicted molar refractivity (Wildman–Crippen MR) is 90.1 cm³/mol. The highest BCUT2D eigenvalue weighted by Crippen LogP contribution is 2.33. The molecule has 1 saturated heterocycles. The van der Waals surface area contributed by atoms with E-state index in [4.69, 9.17) is 4.74 Å². The molecule has 1 aliphatic heterocycles. The quantitative estimate of drug-likeness (QED) is 0.827. The van der Waals surface area contributed by atoms with Crippen LogP contribution in [-0.2, 0) is 4.74 Å². The Morgan fingerprint density at radius 3 is 2.29 bits per heavy atom. The van der Waals surface area contributed by atoms with Crippen LogP contribution in [0.5, 0.6) is 0 Å². The number of nitrogens with one attached hydrogen (secondary N) is 1. The summed E-state index contributed by atoms with van der Waals surface area (Å²) >= 11 is 1.86. The summed E-state index contributed by atoms with van der Waals surface area (Å²) in [6.07, 6.45) is 1.39. The zero-order valence-electron chi connectivity index (χ0n) is 13.5. The summed E-state index contributed by atoms with van der Waals surface area (Å²) in [5.74, 6) is 0. The lowest BCUT2D eigenvalue weighted by molar-refractivity contribution is -0.0711. The Labute approximate surface area is 132 Å². The number of aliphatic hydroxyl groups is 1. The SMILES string of the molecule is CC(Nc1ccc(SC(C)(C)C)cc1)C1(O)CCOCC1. The topological polar surface area (TPSA) is 41.5 Å². The fourth-order valence-corrected chi connectivity index (χ4v) is 3.49. The molecule has 1 aliphatic rings. The Bertz CT molecular complexity index is 447. The number of hydrogen-bond acceptors (Lipinski definition) is 4. The average Bonchev–Trinajstić information content (AvgIpc) is 2.40. The van der Waals surface area contributed by atoms with Crippen LogP contribution in [0.15, 0.2) is 29.2 Å². The summed E-state index contributed by atoms with van der Waals surface area (Å²) < 4.78 is 5.56. The minimum Gasteiger partial charge on any atom is -0.388 e. The van der Waals surface area contributed by atoms with Gasteiger partial charge in [-0.15, -0.1) is 11.8 Å². The maximum Gasteiger partial charge on any atom is 0.0888 e. The molecule has 3 nitrogen and oxygen atoms in total. The predicted octanol–water partition coefficient (Wildman–Crippen LogP) is 3.92. The van der Waals surface area contributed by atoms with Crippen molar-refractivity contribution in [2.75, 3.05) is 18.5 Å². The van der Waals surface area contributed by atoms with E-state index in [1.54, 1.807) is 0 Å². The molecular formula is C17H27NO2S. The van der Waals surface area contributed by atoms with Gasteiger partial charge in [0.05, 0.1) is 11.6 Å². The van der Waals surface area contributed by atoms with Crippen LogP contribution in [0.3, 0.4) is 0 Å². The van der Waals surface area contributed by atoms with Crippen molar-refractivity contribution in [2.45, 2.75) is 61.8 Å². The van der Waals surface area contributed by atoms with E-state index in [1.807, 2.05) is 18.7 Å². The zero-order valence-corrected chi connectivity index (χ0v) is 14.3. The highest BCUT2D eigenvalue weighted by Gasteiger charge is 2.35. The lowest BCUT2D eigenvalue weighted by atomic mass is 9.87. The zero-order chi connectivity index (χ0) is 15.5. The highest BCUT2D eigenvalue weighted by atomic mass is 32.2. The first-order valence-electron chi connectivity index (χ1n) is 7.64. The summed E-state index contributed by atoms with van der Waals surface area (Å²) in [5.41, 5.74) is 0.387. The van der Waals surface area contributed by atoms with Gasteiger partial charge >= 0.3 is 0 Å². The minimum absolute atomic E-state index is 0.0162. The van der Waals surface area contributed by atoms with Gasteiger partial charge in [-0.2, -0.15) is 0 Å². The van der Waals surface area contributed by atoms with Gasteiger partial charge in [0, 0.05) is 41.4 Å². The maximum atomic E-state index is 10.7. The maximum absolute atomic E-state index is 10.7. The van der Waals surface area contributed by atoms with E-state index in [0.29, 0.717) is 26.1 Å². The monoisotopic (exact) mass is 309 g/mol. The largest absolute Gasteiger partial charge is 0.388 e.